The van der Waals surface area contributed by atoms with Gasteiger partial charge in [-0.25, -0.2) is 9.97 Å². The molecule has 0 aromatic carbocycles. The van der Waals surface area contributed by atoms with E-state index in [-0.39, 0.29) is 0 Å². The van der Waals surface area contributed by atoms with Gasteiger partial charge in [0.05, 0.1) is 0 Å². The Balaban J connectivity index is 2.35. The molecule has 0 amide bonds. The summed E-state index contributed by atoms with van der Waals surface area (Å²) in [6, 6.07) is 0.598. The SMILES string of the molecule is CNc1ncnc(N(C)C2CCCCC2C)c1C(C)C. The molecule has 1 aliphatic rings. The van der Waals surface area contributed by atoms with Crippen molar-refractivity contribution in [1.29, 1.82) is 0 Å². The molecule has 2 unspecified atom stereocenters. The van der Waals surface area contributed by atoms with Crippen LogP contribution < -0.4 is 10.2 Å². The van der Waals surface area contributed by atoms with Gasteiger partial charge in [0.1, 0.15) is 18.0 Å². The van der Waals surface area contributed by atoms with Crippen LogP contribution in [0.2, 0.25) is 0 Å². The van der Waals surface area contributed by atoms with Gasteiger partial charge in [-0.05, 0) is 24.7 Å². The van der Waals surface area contributed by atoms with Crippen molar-refractivity contribution in [3.8, 4) is 0 Å². The Kier molecular flexibility index (Phi) is 4.84. The van der Waals surface area contributed by atoms with Crippen molar-refractivity contribution < 1.29 is 0 Å². The van der Waals surface area contributed by atoms with E-state index in [4.69, 9.17) is 0 Å². The van der Waals surface area contributed by atoms with E-state index in [0.29, 0.717) is 12.0 Å². The topological polar surface area (TPSA) is 41.1 Å². The Morgan fingerprint density at radius 3 is 2.55 bits per heavy atom. The maximum atomic E-state index is 4.59. The molecule has 1 aliphatic carbocycles. The fourth-order valence-electron chi connectivity index (χ4n) is 3.43. The fraction of sp³-hybridized carbons (Fsp3) is 0.750. The number of anilines is 2. The molecule has 112 valence electrons. The van der Waals surface area contributed by atoms with Gasteiger partial charge in [0.15, 0.2) is 0 Å². The lowest BCUT2D eigenvalue weighted by molar-refractivity contribution is 0.320. The summed E-state index contributed by atoms with van der Waals surface area (Å²) in [5.74, 6) is 3.20. The van der Waals surface area contributed by atoms with Crippen LogP contribution in [0.4, 0.5) is 11.6 Å². The maximum Gasteiger partial charge on any atom is 0.137 e. The molecule has 0 bridgehead atoms. The van der Waals surface area contributed by atoms with Crippen LogP contribution in [0.1, 0.15) is 57.9 Å². The molecule has 0 aliphatic heterocycles. The van der Waals surface area contributed by atoms with E-state index in [1.165, 1.54) is 31.2 Å². The Hall–Kier alpha value is -1.32. The maximum absolute atomic E-state index is 4.59. The first kappa shape index (κ1) is 15.1. The van der Waals surface area contributed by atoms with E-state index < -0.39 is 0 Å². The molecule has 4 heteroatoms. The summed E-state index contributed by atoms with van der Waals surface area (Å²) in [6.45, 7) is 6.79. The first-order chi connectivity index (χ1) is 9.56. The second-order valence-corrected chi connectivity index (χ2v) is 6.30. The van der Waals surface area contributed by atoms with Crippen molar-refractivity contribution in [3.63, 3.8) is 0 Å². The summed E-state index contributed by atoms with van der Waals surface area (Å²) in [4.78, 5) is 11.4. The van der Waals surface area contributed by atoms with Crippen molar-refractivity contribution in [2.24, 2.45) is 5.92 Å². The first-order valence-electron chi connectivity index (χ1n) is 7.81. The highest BCUT2D eigenvalue weighted by Crippen LogP contribution is 2.35. The van der Waals surface area contributed by atoms with Crippen molar-refractivity contribution >= 4 is 11.6 Å². The van der Waals surface area contributed by atoms with E-state index in [1.54, 1.807) is 6.33 Å². The molecule has 1 aromatic heterocycles. The van der Waals surface area contributed by atoms with Gasteiger partial charge in [0.25, 0.3) is 0 Å². The Labute approximate surface area is 123 Å². The summed E-state index contributed by atoms with van der Waals surface area (Å²) in [7, 11) is 4.13. The molecule has 1 aromatic rings. The molecule has 2 atom stereocenters. The van der Waals surface area contributed by atoms with E-state index in [1.807, 2.05) is 7.05 Å². The number of aromatic nitrogens is 2. The second-order valence-electron chi connectivity index (χ2n) is 6.30. The van der Waals surface area contributed by atoms with Crippen LogP contribution in [0.3, 0.4) is 0 Å². The van der Waals surface area contributed by atoms with Crippen molar-refractivity contribution in [2.45, 2.75) is 58.4 Å². The Morgan fingerprint density at radius 1 is 1.25 bits per heavy atom. The standard InChI is InChI=1S/C16H28N4/c1-11(2)14-15(17-4)18-10-19-16(14)20(5)13-9-7-6-8-12(13)3/h10-13H,6-9H2,1-5H3,(H,17,18,19). The molecule has 0 saturated heterocycles. The highest BCUT2D eigenvalue weighted by Gasteiger charge is 2.28. The molecule has 4 nitrogen and oxygen atoms in total. The van der Waals surface area contributed by atoms with E-state index in [9.17, 15) is 0 Å². The van der Waals surface area contributed by atoms with Gasteiger partial charge < -0.3 is 10.2 Å². The van der Waals surface area contributed by atoms with Crippen LogP contribution in [0, 0.1) is 5.92 Å². The molecule has 1 saturated carbocycles. The average molecular weight is 276 g/mol. The van der Waals surface area contributed by atoms with E-state index in [2.05, 4.69) is 48.0 Å². The molecule has 2 rings (SSSR count). The van der Waals surface area contributed by atoms with Crippen LogP contribution in [0.25, 0.3) is 0 Å². The molecule has 20 heavy (non-hydrogen) atoms. The van der Waals surface area contributed by atoms with Crippen LogP contribution in [-0.2, 0) is 0 Å². The van der Waals surface area contributed by atoms with Gasteiger partial charge in [0.2, 0.25) is 0 Å². The third-order valence-corrected chi connectivity index (χ3v) is 4.57. The van der Waals surface area contributed by atoms with Crippen molar-refractivity contribution in [1.82, 2.24) is 9.97 Å². The molecule has 1 N–H and O–H groups in total. The van der Waals surface area contributed by atoms with Gasteiger partial charge in [-0.3, -0.25) is 0 Å². The minimum absolute atomic E-state index is 0.412. The predicted molar refractivity (Wildman–Crippen MR) is 85.5 cm³/mol. The molecular formula is C16H28N4. The summed E-state index contributed by atoms with van der Waals surface area (Å²) < 4.78 is 0. The zero-order valence-corrected chi connectivity index (χ0v) is 13.5. The summed E-state index contributed by atoms with van der Waals surface area (Å²) in [6.07, 6.45) is 6.98. The van der Waals surface area contributed by atoms with Crippen molar-refractivity contribution in [3.05, 3.63) is 11.9 Å². The monoisotopic (exact) mass is 276 g/mol. The molecule has 1 heterocycles. The van der Waals surface area contributed by atoms with Gasteiger partial charge >= 0.3 is 0 Å². The summed E-state index contributed by atoms with van der Waals surface area (Å²) >= 11 is 0. The molecule has 1 fully saturated rings. The lowest BCUT2D eigenvalue weighted by Gasteiger charge is -2.38. The quantitative estimate of drug-likeness (QED) is 0.911. The van der Waals surface area contributed by atoms with Crippen LogP contribution >= 0.6 is 0 Å². The Bertz CT molecular complexity index is 444. The van der Waals surface area contributed by atoms with Gasteiger partial charge in [-0.1, -0.05) is 33.6 Å². The average Bonchev–Trinajstić information content (AvgIpc) is 2.46. The zero-order chi connectivity index (χ0) is 14.7. The highest BCUT2D eigenvalue weighted by atomic mass is 15.2. The lowest BCUT2D eigenvalue weighted by atomic mass is 9.85. The number of hydrogen-bond acceptors (Lipinski definition) is 4. The third kappa shape index (κ3) is 2.89. The van der Waals surface area contributed by atoms with Crippen LogP contribution in [-0.4, -0.2) is 30.1 Å². The van der Waals surface area contributed by atoms with Crippen LogP contribution in [0.15, 0.2) is 6.33 Å². The number of nitrogens with one attached hydrogen (secondary N) is 1. The highest BCUT2D eigenvalue weighted by molar-refractivity contribution is 5.60. The summed E-state index contributed by atoms with van der Waals surface area (Å²) in [5.41, 5.74) is 1.23. The third-order valence-electron chi connectivity index (χ3n) is 4.57. The van der Waals surface area contributed by atoms with Gasteiger partial charge in [-0.2, -0.15) is 0 Å². The minimum atomic E-state index is 0.412. The minimum Gasteiger partial charge on any atom is -0.373 e. The molecule has 0 spiro atoms. The summed E-state index contributed by atoms with van der Waals surface area (Å²) in [5, 5.41) is 3.21. The number of hydrogen-bond donors (Lipinski definition) is 1. The zero-order valence-electron chi connectivity index (χ0n) is 13.5. The first-order valence-corrected chi connectivity index (χ1v) is 7.81. The smallest absolute Gasteiger partial charge is 0.137 e. The van der Waals surface area contributed by atoms with Gasteiger partial charge in [0, 0.05) is 25.7 Å². The predicted octanol–water partition coefficient (Wildman–Crippen LogP) is 3.66. The van der Waals surface area contributed by atoms with E-state index >= 15 is 0 Å². The second kappa shape index (κ2) is 6.42. The molecular weight excluding hydrogens is 248 g/mol. The van der Waals surface area contributed by atoms with Crippen LogP contribution in [0.5, 0.6) is 0 Å². The van der Waals surface area contributed by atoms with Crippen molar-refractivity contribution in [2.75, 3.05) is 24.3 Å². The largest absolute Gasteiger partial charge is 0.373 e. The fourth-order valence-corrected chi connectivity index (χ4v) is 3.43. The van der Waals surface area contributed by atoms with Gasteiger partial charge in [-0.15, -0.1) is 0 Å². The normalized spacial score (nSPS) is 22.9. The lowest BCUT2D eigenvalue weighted by Crippen LogP contribution is -2.40. The number of nitrogens with zero attached hydrogens (tertiary/aromatic N) is 3. The molecule has 0 radical (unpaired) electrons. The Morgan fingerprint density at radius 2 is 1.95 bits per heavy atom. The van der Waals surface area contributed by atoms with E-state index in [0.717, 1.165) is 17.6 Å². The number of rotatable bonds is 4.